The van der Waals surface area contributed by atoms with E-state index in [1.54, 1.807) is 42.7 Å². The van der Waals surface area contributed by atoms with Crippen molar-refractivity contribution in [2.75, 3.05) is 19.1 Å². The van der Waals surface area contributed by atoms with Crippen molar-refractivity contribution < 1.29 is 19.4 Å². The van der Waals surface area contributed by atoms with Crippen LogP contribution in [0.15, 0.2) is 42.7 Å². The van der Waals surface area contributed by atoms with E-state index in [9.17, 15) is 9.90 Å². The van der Waals surface area contributed by atoms with Crippen LogP contribution >= 0.6 is 0 Å². The minimum absolute atomic E-state index is 0.230. The third kappa shape index (κ3) is 3.42. The summed E-state index contributed by atoms with van der Waals surface area (Å²) < 4.78 is 10.4. The van der Waals surface area contributed by atoms with Crippen LogP contribution in [0.25, 0.3) is 0 Å². The average Bonchev–Trinajstić information content (AvgIpc) is 2.52. The van der Waals surface area contributed by atoms with Crippen LogP contribution in [-0.4, -0.2) is 30.4 Å². The lowest BCUT2D eigenvalue weighted by molar-refractivity contribution is 0.201. The summed E-state index contributed by atoms with van der Waals surface area (Å²) in [7, 11) is 3.04. The van der Waals surface area contributed by atoms with Gasteiger partial charge in [0.2, 0.25) is 0 Å². The Hall–Kier alpha value is -2.76. The summed E-state index contributed by atoms with van der Waals surface area (Å²) in [6, 6.07) is 8.54. The number of aromatic nitrogens is 1. The van der Waals surface area contributed by atoms with Crippen LogP contribution in [0.2, 0.25) is 0 Å². The molecule has 0 aliphatic heterocycles. The zero-order chi connectivity index (χ0) is 15.2. The average molecular weight is 288 g/mol. The highest BCUT2D eigenvalue weighted by molar-refractivity contribution is 5.86. The number of carboxylic acid groups (broad SMARTS) is 1. The molecule has 2 rings (SSSR count). The van der Waals surface area contributed by atoms with Crippen molar-refractivity contribution in [2.24, 2.45) is 0 Å². The molecule has 0 saturated heterocycles. The fraction of sp³-hybridized carbons (Fsp3) is 0.200. The van der Waals surface area contributed by atoms with Gasteiger partial charge in [0.05, 0.1) is 26.5 Å². The van der Waals surface area contributed by atoms with Crippen LogP contribution in [0.3, 0.4) is 0 Å². The molecule has 0 atom stereocenters. The summed E-state index contributed by atoms with van der Waals surface area (Å²) >= 11 is 0. The van der Waals surface area contributed by atoms with E-state index in [-0.39, 0.29) is 6.54 Å². The second-order valence-electron chi connectivity index (χ2n) is 4.26. The van der Waals surface area contributed by atoms with Crippen molar-refractivity contribution in [1.82, 2.24) is 4.98 Å². The van der Waals surface area contributed by atoms with Crippen LogP contribution < -0.4 is 14.4 Å². The fourth-order valence-corrected chi connectivity index (χ4v) is 1.93. The van der Waals surface area contributed by atoms with E-state index in [1.807, 2.05) is 0 Å². The number of amides is 1. The standard InChI is InChI=1S/C15H16N2O4/c1-20-13-4-3-12(9-14(13)21-2)17(15(18)19)10-11-5-7-16-8-6-11/h3-9H,10H2,1-2H3,(H,18,19). The number of hydrogen-bond acceptors (Lipinski definition) is 4. The first-order valence-electron chi connectivity index (χ1n) is 6.27. The third-order valence-corrected chi connectivity index (χ3v) is 3.00. The zero-order valence-corrected chi connectivity index (χ0v) is 11.8. The number of pyridine rings is 1. The van der Waals surface area contributed by atoms with E-state index in [0.717, 1.165) is 5.56 Å². The molecule has 0 fully saturated rings. The molecule has 0 aliphatic rings. The van der Waals surface area contributed by atoms with Crippen LogP contribution in [0.5, 0.6) is 11.5 Å². The molecule has 1 heterocycles. The summed E-state index contributed by atoms with van der Waals surface area (Å²) in [5.41, 5.74) is 1.36. The quantitative estimate of drug-likeness (QED) is 0.916. The minimum Gasteiger partial charge on any atom is -0.493 e. The highest BCUT2D eigenvalue weighted by Crippen LogP contribution is 2.32. The van der Waals surface area contributed by atoms with Crippen molar-refractivity contribution in [1.29, 1.82) is 0 Å². The highest BCUT2D eigenvalue weighted by Gasteiger charge is 2.17. The summed E-state index contributed by atoms with van der Waals surface area (Å²) in [5, 5.41) is 9.42. The molecule has 1 amide bonds. The Morgan fingerprint density at radius 2 is 1.81 bits per heavy atom. The smallest absolute Gasteiger partial charge is 0.412 e. The Balaban J connectivity index is 2.32. The van der Waals surface area contributed by atoms with Gasteiger partial charge in [0.15, 0.2) is 11.5 Å². The second-order valence-corrected chi connectivity index (χ2v) is 4.26. The molecule has 1 aromatic carbocycles. The Labute approximate surface area is 122 Å². The molecule has 6 nitrogen and oxygen atoms in total. The predicted molar refractivity (Wildman–Crippen MR) is 78.0 cm³/mol. The number of anilines is 1. The topological polar surface area (TPSA) is 71.9 Å². The van der Waals surface area contributed by atoms with Gasteiger partial charge in [0.1, 0.15) is 0 Å². The van der Waals surface area contributed by atoms with Gasteiger partial charge in [-0.25, -0.2) is 4.79 Å². The van der Waals surface area contributed by atoms with E-state index < -0.39 is 6.09 Å². The van der Waals surface area contributed by atoms with Crippen molar-refractivity contribution in [3.63, 3.8) is 0 Å². The first kappa shape index (κ1) is 14.6. The summed E-state index contributed by atoms with van der Waals surface area (Å²) in [5.74, 6) is 1.03. The SMILES string of the molecule is COc1ccc(N(Cc2ccncc2)C(=O)O)cc1OC. The molecule has 110 valence electrons. The zero-order valence-electron chi connectivity index (χ0n) is 11.8. The van der Waals surface area contributed by atoms with Crippen molar-refractivity contribution in [2.45, 2.75) is 6.54 Å². The molecular weight excluding hydrogens is 272 g/mol. The van der Waals surface area contributed by atoms with Crippen LogP contribution in [-0.2, 0) is 6.54 Å². The molecule has 1 N–H and O–H groups in total. The number of methoxy groups -OCH3 is 2. The molecule has 6 heteroatoms. The van der Waals surface area contributed by atoms with E-state index in [4.69, 9.17) is 9.47 Å². The lowest BCUT2D eigenvalue weighted by Gasteiger charge is -2.20. The maximum atomic E-state index is 11.5. The third-order valence-electron chi connectivity index (χ3n) is 3.00. The van der Waals surface area contributed by atoms with E-state index in [2.05, 4.69) is 4.98 Å². The molecule has 21 heavy (non-hydrogen) atoms. The number of benzene rings is 1. The van der Waals surface area contributed by atoms with Crippen molar-refractivity contribution >= 4 is 11.8 Å². The molecule has 2 aromatic rings. The first-order valence-corrected chi connectivity index (χ1v) is 6.27. The predicted octanol–water partition coefficient (Wildman–Crippen LogP) is 2.78. The molecular formula is C15H16N2O4. The highest BCUT2D eigenvalue weighted by atomic mass is 16.5. The summed E-state index contributed by atoms with van der Waals surface area (Å²) in [4.78, 5) is 16.6. The fourth-order valence-electron chi connectivity index (χ4n) is 1.93. The van der Waals surface area contributed by atoms with Gasteiger partial charge < -0.3 is 14.6 Å². The number of ether oxygens (including phenoxy) is 2. The molecule has 0 radical (unpaired) electrons. The van der Waals surface area contributed by atoms with Gasteiger partial charge in [-0.3, -0.25) is 9.88 Å². The first-order chi connectivity index (χ1) is 10.2. The Kier molecular flexibility index (Phi) is 4.61. The molecule has 0 aliphatic carbocycles. The largest absolute Gasteiger partial charge is 0.493 e. The molecule has 0 spiro atoms. The number of nitrogens with zero attached hydrogens (tertiary/aromatic N) is 2. The van der Waals surface area contributed by atoms with Gasteiger partial charge >= 0.3 is 6.09 Å². The van der Waals surface area contributed by atoms with Gasteiger partial charge in [-0.2, -0.15) is 0 Å². The Morgan fingerprint density at radius 1 is 1.14 bits per heavy atom. The van der Waals surface area contributed by atoms with Crippen molar-refractivity contribution in [3.05, 3.63) is 48.3 Å². The Morgan fingerprint density at radius 3 is 2.38 bits per heavy atom. The second kappa shape index (κ2) is 6.60. The number of rotatable bonds is 5. The molecule has 0 saturated carbocycles. The Bertz CT molecular complexity index is 616. The maximum Gasteiger partial charge on any atom is 0.412 e. The minimum atomic E-state index is -1.04. The molecule has 1 aromatic heterocycles. The van der Waals surface area contributed by atoms with Gasteiger partial charge in [-0.1, -0.05) is 0 Å². The normalized spacial score (nSPS) is 10.0. The van der Waals surface area contributed by atoms with Crippen molar-refractivity contribution in [3.8, 4) is 11.5 Å². The van der Waals surface area contributed by atoms with Gasteiger partial charge in [-0.15, -0.1) is 0 Å². The molecule has 0 unspecified atom stereocenters. The van der Waals surface area contributed by atoms with E-state index in [1.165, 1.54) is 19.1 Å². The van der Waals surface area contributed by atoms with Gasteiger partial charge in [0, 0.05) is 18.5 Å². The van der Waals surface area contributed by atoms with E-state index >= 15 is 0 Å². The van der Waals surface area contributed by atoms with Gasteiger partial charge in [-0.05, 0) is 29.8 Å². The summed E-state index contributed by atoms with van der Waals surface area (Å²) in [6.45, 7) is 0.230. The van der Waals surface area contributed by atoms with Crippen LogP contribution in [0.4, 0.5) is 10.5 Å². The lowest BCUT2D eigenvalue weighted by Crippen LogP contribution is -2.28. The van der Waals surface area contributed by atoms with Crippen LogP contribution in [0.1, 0.15) is 5.56 Å². The van der Waals surface area contributed by atoms with Gasteiger partial charge in [0.25, 0.3) is 0 Å². The van der Waals surface area contributed by atoms with E-state index in [0.29, 0.717) is 17.2 Å². The number of carbonyl (C=O) groups is 1. The monoisotopic (exact) mass is 288 g/mol. The molecule has 0 bridgehead atoms. The van der Waals surface area contributed by atoms with Crippen LogP contribution in [0, 0.1) is 0 Å². The summed E-state index contributed by atoms with van der Waals surface area (Å²) in [6.07, 6.45) is 2.22. The number of hydrogen-bond donors (Lipinski definition) is 1. The maximum absolute atomic E-state index is 11.5. The lowest BCUT2D eigenvalue weighted by atomic mass is 10.2.